The zero-order chi connectivity index (χ0) is 20.0. The second-order valence-electron chi connectivity index (χ2n) is 5.79. The van der Waals surface area contributed by atoms with Crippen molar-refractivity contribution < 1.29 is 24.2 Å². The maximum atomic E-state index is 12.2. The topological polar surface area (TPSA) is 84.9 Å². The average molecular weight is 408 g/mol. The Morgan fingerprint density at radius 3 is 2.56 bits per heavy atom. The molecule has 0 saturated carbocycles. The second-order valence-corrected chi connectivity index (χ2v) is 7.48. The molecule has 1 saturated heterocycles. The van der Waals surface area contributed by atoms with E-state index < -0.39 is 11.9 Å². The van der Waals surface area contributed by atoms with Gasteiger partial charge in [-0.2, -0.15) is 0 Å². The molecule has 0 radical (unpaired) electrons. The van der Waals surface area contributed by atoms with Crippen LogP contribution >= 0.6 is 24.0 Å². The minimum Gasteiger partial charge on any atom is -0.493 e. The number of nitrogens with one attached hydrogen (secondary N) is 1. The SMILES string of the molecule is CCC(CC(C=Cc1ccc(OC)c(OC)c1)=C1SC(=S)NC1=O)C(=O)O. The molecule has 8 heteroatoms. The molecule has 1 aliphatic heterocycles. The fourth-order valence-corrected chi connectivity index (χ4v) is 3.68. The Morgan fingerprint density at radius 2 is 2.04 bits per heavy atom. The fraction of sp³-hybridized carbons (Fsp3) is 0.316. The van der Waals surface area contributed by atoms with Crippen LogP contribution in [0.5, 0.6) is 11.5 Å². The fourth-order valence-electron chi connectivity index (χ4n) is 2.59. The number of hydrogen-bond acceptors (Lipinski definition) is 6. The lowest BCUT2D eigenvalue weighted by atomic mass is 9.95. The average Bonchev–Trinajstić information content (AvgIpc) is 2.99. The summed E-state index contributed by atoms with van der Waals surface area (Å²) in [7, 11) is 3.11. The Balaban J connectivity index is 2.38. The Morgan fingerprint density at radius 1 is 1.33 bits per heavy atom. The monoisotopic (exact) mass is 407 g/mol. The molecule has 144 valence electrons. The number of aliphatic carboxylic acids is 1. The van der Waals surface area contributed by atoms with E-state index in [0.29, 0.717) is 32.7 Å². The van der Waals surface area contributed by atoms with Crippen LogP contribution in [0.2, 0.25) is 0 Å². The second kappa shape index (κ2) is 9.57. The first-order chi connectivity index (χ1) is 12.9. The van der Waals surface area contributed by atoms with Crippen molar-refractivity contribution in [2.24, 2.45) is 5.92 Å². The van der Waals surface area contributed by atoms with Crippen LogP contribution in [0.3, 0.4) is 0 Å². The van der Waals surface area contributed by atoms with E-state index in [4.69, 9.17) is 21.7 Å². The third kappa shape index (κ3) is 5.33. The number of ether oxygens (including phenoxy) is 2. The minimum atomic E-state index is -0.888. The Hall–Kier alpha value is -2.32. The summed E-state index contributed by atoms with van der Waals surface area (Å²) in [6.07, 6.45) is 4.29. The smallest absolute Gasteiger partial charge is 0.306 e. The molecule has 1 aromatic carbocycles. The molecule has 1 amide bonds. The molecular weight excluding hydrogens is 386 g/mol. The van der Waals surface area contributed by atoms with Gasteiger partial charge in [0.1, 0.15) is 4.32 Å². The van der Waals surface area contributed by atoms with Crippen LogP contribution in [-0.2, 0) is 9.59 Å². The molecule has 0 aliphatic carbocycles. The van der Waals surface area contributed by atoms with Crippen LogP contribution in [0.4, 0.5) is 0 Å². The van der Waals surface area contributed by atoms with E-state index in [9.17, 15) is 14.7 Å². The maximum absolute atomic E-state index is 12.2. The summed E-state index contributed by atoms with van der Waals surface area (Å²) in [4.78, 5) is 24.1. The van der Waals surface area contributed by atoms with Crippen molar-refractivity contribution in [2.45, 2.75) is 19.8 Å². The molecule has 1 unspecified atom stereocenters. The molecule has 6 nitrogen and oxygen atoms in total. The molecule has 1 fully saturated rings. The maximum Gasteiger partial charge on any atom is 0.306 e. The van der Waals surface area contributed by atoms with Gasteiger partial charge in [-0.05, 0) is 36.1 Å². The number of carboxylic acids is 1. The van der Waals surface area contributed by atoms with Crippen LogP contribution < -0.4 is 14.8 Å². The third-order valence-electron chi connectivity index (χ3n) is 4.10. The van der Waals surface area contributed by atoms with Crippen LogP contribution in [0, 0.1) is 5.92 Å². The molecule has 0 aromatic heterocycles. The number of carbonyl (C=O) groups is 2. The number of methoxy groups -OCH3 is 2. The number of benzene rings is 1. The van der Waals surface area contributed by atoms with E-state index >= 15 is 0 Å². The number of hydrogen-bond donors (Lipinski definition) is 2. The largest absolute Gasteiger partial charge is 0.493 e. The zero-order valence-corrected chi connectivity index (χ0v) is 16.9. The van der Waals surface area contributed by atoms with Crippen LogP contribution in [0.15, 0.2) is 34.8 Å². The van der Waals surface area contributed by atoms with Gasteiger partial charge in [-0.1, -0.05) is 49.1 Å². The number of thioether (sulfide) groups is 1. The molecule has 1 atom stereocenters. The van der Waals surface area contributed by atoms with Gasteiger partial charge in [0.15, 0.2) is 11.5 Å². The predicted octanol–water partition coefficient (Wildman–Crippen LogP) is 3.62. The van der Waals surface area contributed by atoms with Crippen LogP contribution in [0.25, 0.3) is 6.08 Å². The predicted molar refractivity (Wildman–Crippen MR) is 110 cm³/mol. The highest BCUT2D eigenvalue weighted by Gasteiger charge is 2.27. The first-order valence-corrected chi connectivity index (χ1v) is 9.51. The van der Waals surface area contributed by atoms with Gasteiger partial charge in [-0.3, -0.25) is 9.59 Å². The van der Waals surface area contributed by atoms with Crippen molar-refractivity contribution in [3.63, 3.8) is 0 Å². The summed E-state index contributed by atoms with van der Waals surface area (Å²) in [6, 6.07) is 5.43. The number of carbonyl (C=O) groups excluding carboxylic acids is 1. The van der Waals surface area contributed by atoms with Crippen molar-refractivity contribution >= 4 is 46.3 Å². The van der Waals surface area contributed by atoms with Gasteiger partial charge in [0.25, 0.3) is 5.91 Å². The van der Waals surface area contributed by atoms with Gasteiger partial charge in [0.2, 0.25) is 0 Å². The van der Waals surface area contributed by atoms with Crippen molar-refractivity contribution in [1.29, 1.82) is 0 Å². The quantitative estimate of drug-likeness (QED) is 0.503. The molecular formula is C19H21NO5S2. The highest BCUT2D eigenvalue weighted by Crippen LogP contribution is 2.33. The van der Waals surface area contributed by atoms with E-state index in [1.54, 1.807) is 32.4 Å². The first-order valence-electron chi connectivity index (χ1n) is 8.28. The standard InChI is InChI=1S/C19H21NO5S2/c1-4-12(18(22)23)10-13(16-17(21)20-19(26)27-16)7-5-11-6-8-14(24-2)15(9-11)25-3/h5-9,12H,4,10H2,1-3H3,(H,22,23)(H,20,21,26). The first kappa shape index (κ1) is 21.0. The molecule has 0 bridgehead atoms. The molecule has 2 N–H and O–H groups in total. The summed E-state index contributed by atoms with van der Waals surface area (Å²) < 4.78 is 10.9. The van der Waals surface area contributed by atoms with E-state index in [0.717, 1.165) is 17.3 Å². The minimum absolute atomic E-state index is 0.244. The van der Waals surface area contributed by atoms with Gasteiger partial charge >= 0.3 is 5.97 Å². The van der Waals surface area contributed by atoms with Gasteiger partial charge < -0.3 is 19.9 Å². The lowest BCUT2D eigenvalue weighted by molar-refractivity contribution is -0.141. The van der Waals surface area contributed by atoms with Crippen molar-refractivity contribution in [1.82, 2.24) is 5.32 Å². The summed E-state index contributed by atoms with van der Waals surface area (Å²) >= 11 is 6.21. The lowest BCUT2D eigenvalue weighted by Gasteiger charge is -2.12. The number of rotatable bonds is 8. The number of carboxylic acid groups (broad SMARTS) is 1. The zero-order valence-electron chi connectivity index (χ0n) is 15.3. The van der Waals surface area contributed by atoms with E-state index in [1.165, 1.54) is 0 Å². The van der Waals surface area contributed by atoms with Crippen molar-refractivity contribution in [3.8, 4) is 11.5 Å². The molecule has 2 rings (SSSR count). The number of thiocarbonyl (C=S) groups is 1. The summed E-state index contributed by atoms with van der Waals surface area (Å²) in [5.41, 5.74) is 1.47. The van der Waals surface area contributed by atoms with E-state index in [2.05, 4.69) is 5.32 Å². The Bertz CT molecular complexity index is 816. The van der Waals surface area contributed by atoms with Crippen molar-refractivity contribution in [2.75, 3.05) is 14.2 Å². The summed E-state index contributed by atoms with van der Waals surface area (Å²) in [5.74, 6) is -0.565. The van der Waals surface area contributed by atoms with Gasteiger partial charge in [0, 0.05) is 0 Å². The normalized spacial score (nSPS) is 17.0. The van der Waals surface area contributed by atoms with Gasteiger partial charge in [-0.25, -0.2) is 0 Å². The van der Waals surface area contributed by atoms with Crippen LogP contribution in [-0.4, -0.2) is 35.5 Å². The van der Waals surface area contributed by atoms with E-state index in [1.807, 2.05) is 19.1 Å². The van der Waals surface area contributed by atoms with Gasteiger partial charge in [0.05, 0.1) is 25.0 Å². The van der Waals surface area contributed by atoms with Crippen molar-refractivity contribution in [3.05, 3.63) is 40.3 Å². The lowest BCUT2D eigenvalue weighted by Crippen LogP contribution is -2.19. The molecule has 0 spiro atoms. The highest BCUT2D eigenvalue weighted by atomic mass is 32.2. The Labute approximate surface area is 167 Å². The number of allylic oxidation sites excluding steroid dienone is 2. The Kier molecular flexibility index (Phi) is 7.44. The van der Waals surface area contributed by atoms with Gasteiger partial charge in [-0.15, -0.1) is 0 Å². The highest BCUT2D eigenvalue weighted by molar-refractivity contribution is 8.26. The molecule has 1 aliphatic rings. The van der Waals surface area contributed by atoms with E-state index in [-0.39, 0.29) is 12.3 Å². The molecule has 1 heterocycles. The third-order valence-corrected chi connectivity index (χ3v) is 5.39. The van der Waals surface area contributed by atoms with Crippen LogP contribution in [0.1, 0.15) is 25.3 Å². The molecule has 27 heavy (non-hydrogen) atoms. The number of amides is 1. The summed E-state index contributed by atoms with van der Waals surface area (Å²) in [5, 5.41) is 12.0. The summed E-state index contributed by atoms with van der Waals surface area (Å²) in [6.45, 7) is 1.81. The molecule has 1 aromatic rings.